The van der Waals surface area contributed by atoms with E-state index in [1.807, 2.05) is 27.7 Å². The molecule has 1 rings (SSSR count). The molecule has 0 saturated heterocycles. The topological polar surface area (TPSA) is 78.9 Å². The first-order valence-electron chi connectivity index (χ1n) is 3.57. The maximum absolute atomic E-state index is 9.89. The molecule has 0 aliphatic carbocycles. The third-order valence-corrected chi connectivity index (χ3v) is 0.452. The standard InChI is InChI=1S/C2H2N2O3.2C2H6.H2/c5-1-3-2(6)7-4-1;2*1-2;/h(H2,3,4,5,6);2*1-2H3;1H. The minimum atomic E-state index is -0.759. The number of aromatic nitrogens is 2. The van der Waals surface area contributed by atoms with Gasteiger partial charge in [-0.3, -0.25) is 0 Å². The van der Waals surface area contributed by atoms with Gasteiger partial charge in [0.25, 0.3) is 0 Å². The van der Waals surface area contributed by atoms with Crippen LogP contribution in [0.2, 0.25) is 0 Å². The molecule has 2 N–H and O–H groups in total. The minimum Gasteiger partial charge on any atom is -0.320 e. The van der Waals surface area contributed by atoms with Crippen LogP contribution >= 0.6 is 0 Å². The van der Waals surface area contributed by atoms with E-state index < -0.39 is 11.4 Å². The molecular formula is C6H16N2O3. The molecule has 5 nitrogen and oxygen atoms in total. The van der Waals surface area contributed by atoms with Gasteiger partial charge in [-0.1, -0.05) is 27.7 Å². The Morgan fingerprint density at radius 3 is 1.73 bits per heavy atom. The van der Waals surface area contributed by atoms with Gasteiger partial charge in [-0.25, -0.2) is 14.6 Å². The second-order valence-electron chi connectivity index (χ2n) is 0.946. The third kappa shape index (κ3) is 6.63. The number of aromatic amines is 2. The Balaban J connectivity index is -0.000000144. The molecule has 1 heterocycles. The summed E-state index contributed by atoms with van der Waals surface area (Å²) in [5, 5.41) is 1.77. The number of hydrogen-bond donors (Lipinski definition) is 2. The lowest BCUT2D eigenvalue weighted by Crippen LogP contribution is -2.06. The Morgan fingerprint density at radius 1 is 1.18 bits per heavy atom. The molecule has 0 aliphatic heterocycles. The highest BCUT2D eigenvalue weighted by atomic mass is 16.5. The quantitative estimate of drug-likeness (QED) is 0.599. The molecule has 5 heteroatoms. The number of hydrogen-bond acceptors (Lipinski definition) is 3. The van der Waals surface area contributed by atoms with Gasteiger partial charge in [0.1, 0.15) is 0 Å². The van der Waals surface area contributed by atoms with E-state index in [1.165, 1.54) is 0 Å². The lowest BCUT2D eigenvalue weighted by molar-refractivity contribution is 0.382. The first-order valence-corrected chi connectivity index (χ1v) is 3.57. The van der Waals surface area contributed by atoms with Crippen molar-refractivity contribution in [2.75, 3.05) is 0 Å². The van der Waals surface area contributed by atoms with Crippen molar-refractivity contribution < 1.29 is 5.95 Å². The molecule has 1 aromatic rings. The van der Waals surface area contributed by atoms with Crippen molar-refractivity contribution in [2.24, 2.45) is 0 Å². The van der Waals surface area contributed by atoms with Crippen molar-refractivity contribution in [1.29, 1.82) is 0 Å². The van der Waals surface area contributed by atoms with Gasteiger partial charge in [-0.05, 0) is 0 Å². The highest BCUT2D eigenvalue weighted by molar-refractivity contribution is 4.46. The van der Waals surface area contributed by atoms with Crippen LogP contribution < -0.4 is 11.4 Å². The minimum absolute atomic E-state index is 0. The summed E-state index contributed by atoms with van der Waals surface area (Å²) in [4.78, 5) is 21.5. The highest BCUT2D eigenvalue weighted by Gasteiger charge is 1.83. The first kappa shape index (κ1) is 12.4. The van der Waals surface area contributed by atoms with Crippen LogP contribution in [0.4, 0.5) is 0 Å². The van der Waals surface area contributed by atoms with E-state index in [0.29, 0.717) is 0 Å². The molecule has 0 fully saturated rings. The molecule has 1 aromatic heterocycles. The second-order valence-corrected chi connectivity index (χ2v) is 0.946. The zero-order chi connectivity index (χ0) is 9.28. The average molecular weight is 164 g/mol. The molecule has 0 radical (unpaired) electrons. The van der Waals surface area contributed by atoms with Crippen LogP contribution in [0.5, 0.6) is 0 Å². The molecule has 0 bridgehead atoms. The molecule has 0 saturated carbocycles. The smallest absolute Gasteiger partial charge is 0.320 e. The highest BCUT2D eigenvalue weighted by Crippen LogP contribution is 1.41. The first-order chi connectivity index (χ1) is 5.29. The van der Waals surface area contributed by atoms with Gasteiger partial charge in [-0.2, -0.15) is 5.16 Å². The van der Waals surface area contributed by atoms with Crippen LogP contribution in [-0.4, -0.2) is 10.1 Å². The van der Waals surface area contributed by atoms with E-state index in [1.54, 1.807) is 10.1 Å². The summed E-state index contributed by atoms with van der Waals surface area (Å²) in [6.45, 7) is 8.00. The Hall–Kier alpha value is -1.26. The zero-order valence-electron chi connectivity index (χ0n) is 7.22. The maximum atomic E-state index is 9.89. The fourth-order valence-corrected chi connectivity index (χ4v) is 0.236. The number of H-pyrrole nitrogens is 2. The normalized spacial score (nSPS) is 6.91. The van der Waals surface area contributed by atoms with Gasteiger partial charge < -0.3 is 4.52 Å². The second kappa shape index (κ2) is 8.74. The van der Waals surface area contributed by atoms with E-state index in [-0.39, 0.29) is 1.43 Å². The SMILES string of the molecule is CC.CC.O=c1[nH]oc(=O)[nH]1.[HH]. The van der Waals surface area contributed by atoms with Crippen molar-refractivity contribution in [3.05, 3.63) is 21.0 Å². The van der Waals surface area contributed by atoms with E-state index in [4.69, 9.17) is 0 Å². The van der Waals surface area contributed by atoms with E-state index >= 15 is 0 Å². The van der Waals surface area contributed by atoms with Gasteiger partial charge in [0.2, 0.25) is 0 Å². The van der Waals surface area contributed by atoms with Gasteiger partial charge in [0.05, 0.1) is 0 Å². The van der Waals surface area contributed by atoms with Gasteiger partial charge in [-0.15, -0.1) is 0 Å². The molecule has 0 atom stereocenters. The van der Waals surface area contributed by atoms with Crippen LogP contribution in [0.15, 0.2) is 14.1 Å². The Bertz CT molecular complexity index is 225. The summed E-state index contributed by atoms with van der Waals surface area (Å²) >= 11 is 0. The molecule has 0 aliphatic rings. The van der Waals surface area contributed by atoms with Crippen LogP contribution in [0, 0.1) is 0 Å². The molecule has 11 heavy (non-hydrogen) atoms. The summed E-state index contributed by atoms with van der Waals surface area (Å²) in [5.41, 5.74) is -0.620. The predicted octanol–water partition coefficient (Wildman–Crippen LogP) is 0.955. The molecule has 68 valence electrons. The Morgan fingerprint density at radius 2 is 1.64 bits per heavy atom. The fraction of sp³-hybridized carbons (Fsp3) is 0.667. The molecular weight excluding hydrogens is 148 g/mol. The molecule has 0 amide bonds. The van der Waals surface area contributed by atoms with Gasteiger partial charge in [0, 0.05) is 1.43 Å². The maximum Gasteiger partial charge on any atom is 0.439 e. The summed E-state index contributed by atoms with van der Waals surface area (Å²) in [6.07, 6.45) is 0. The van der Waals surface area contributed by atoms with E-state index in [2.05, 4.69) is 4.52 Å². The van der Waals surface area contributed by atoms with Crippen molar-refractivity contribution in [3.63, 3.8) is 0 Å². The van der Waals surface area contributed by atoms with Gasteiger partial charge in [0.15, 0.2) is 0 Å². The molecule has 0 unspecified atom stereocenters. The van der Waals surface area contributed by atoms with E-state index in [9.17, 15) is 9.59 Å². The largest absolute Gasteiger partial charge is 0.439 e. The van der Waals surface area contributed by atoms with Crippen molar-refractivity contribution in [1.82, 2.24) is 10.1 Å². The monoisotopic (exact) mass is 164 g/mol. The van der Waals surface area contributed by atoms with Crippen LogP contribution in [-0.2, 0) is 0 Å². The van der Waals surface area contributed by atoms with Crippen molar-refractivity contribution in [2.45, 2.75) is 27.7 Å². The zero-order valence-corrected chi connectivity index (χ0v) is 7.22. The summed E-state index contributed by atoms with van der Waals surface area (Å²) in [6, 6.07) is 0. The fourth-order valence-electron chi connectivity index (χ4n) is 0.236. The van der Waals surface area contributed by atoms with E-state index in [0.717, 1.165) is 0 Å². The average Bonchev–Trinajstić information content (AvgIpc) is 2.43. The van der Waals surface area contributed by atoms with Crippen LogP contribution in [0.1, 0.15) is 29.1 Å². The molecule has 0 aromatic carbocycles. The molecule has 0 spiro atoms. The third-order valence-electron chi connectivity index (χ3n) is 0.452. The van der Waals surface area contributed by atoms with Crippen LogP contribution in [0.3, 0.4) is 0 Å². The van der Waals surface area contributed by atoms with Crippen molar-refractivity contribution >= 4 is 0 Å². The summed E-state index contributed by atoms with van der Waals surface area (Å²) in [7, 11) is 0. The lowest BCUT2D eigenvalue weighted by atomic mass is 11.0. The Kier molecular flexibility index (Phi) is 9.87. The van der Waals surface area contributed by atoms with Gasteiger partial charge >= 0.3 is 11.4 Å². The Labute approximate surface area is 65.9 Å². The predicted molar refractivity (Wildman–Crippen MR) is 44.8 cm³/mol. The summed E-state index contributed by atoms with van der Waals surface area (Å²) in [5.74, 6) is -0.759. The number of rotatable bonds is 0. The van der Waals surface area contributed by atoms with Crippen molar-refractivity contribution in [3.8, 4) is 0 Å². The summed E-state index contributed by atoms with van der Waals surface area (Å²) < 4.78 is 3.92. The van der Waals surface area contributed by atoms with Crippen LogP contribution in [0.25, 0.3) is 0 Å². The lowest BCUT2D eigenvalue weighted by Gasteiger charge is -1.50. The number of nitrogens with one attached hydrogen (secondary N) is 2.